The first-order chi connectivity index (χ1) is 8.22. The number of H-pyrrole nitrogens is 1. The Morgan fingerprint density at radius 3 is 2.88 bits per heavy atom. The molecule has 0 bridgehead atoms. The molecule has 0 atom stereocenters. The van der Waals surface area contributed by atoms with E-state index in [9.17, 15) is 4.79 Å². The molecule has 2 rings (SSSR count). The van der Waals surface area contributed by atoms with Gasteiger partial charge in [-0.25, -0.2) is 4.79 Å². The van der Waals surface area contributed by atoms with Gasteiger partial charge in [-0.05, 0) is 41.0 Å². The van der Waals surface area contributed by atoms with Gasteiger partial charge in [0.2, 0.25) is 0 Å². The fourth-order valence-corrected chi connectivity index (χ4v) is 1.99. The highest BCUT2D eigenvalue weighted by Gasteiger charge is 2.08. The third kappa shape index (κ3) is 2.65. The maximum Gasteiger partial charge on any atom is 0.348 e. The zero-order valence-electron chi connectivity index (χ0n) is 9.19. The molecule has 3 N–H and O–H groups in total. The zero-order valence-corrected chi connectivity index (χ0v) is 10.8. The minimum Gasteiger partial charge on any atom is -0.330 e. The van der Waals surface area contributed by atoms with Crippen LogP contribution in [0.1, 0.15) is 12.2 Å². The molecule has 17 heavy (non-hydrogen) atoms. The summed E-state index contributed by atoms with van der Waals surface area (Å²) in [6, 6.07) is 7.45. The van der Waals surface area contributed by atoms with E-state index < -0.39 is 0 Å². The number of nitrogens with zero attached hydrogens (tertiary/aromatic N) is 2. The molecule has 0 aliphatic rings. The second kappa shape index (κ2) is 5.29. The average molecular weight is 297 g/mol. The summed E-state index contributed by atoms with van der Waals surface area (Å²) in [5.41, 5.74) is 5.92. The minimum atomic E-state index is -0.232. The summed E-state index contributed by atoms with van der Waals surface area (Å²) in [5, 5.41) is 4.24. The molecule has 0 unspecified atom stereocenters. The van der Waals surface area contributed by atoms with E-state index in [1.54, 1.807) is 0 Å². The Morgan fingerprint density at radius 1 is 1.41 bits per heavy atom. The first-order valence-corrected chi connectivity index (χ1v) is 6.15. The van der Waals surface area contributed by atoms with Crippen LogP contribution in [0.15, 0.2) is 33.5 Å². The topological polar surface area (TPSA) is 76.7 Å². The lowest BCUT2D eigenvalue weighted by Gasteiger charge is -2.01. The third-order valence-corrected chi connectivity index (χ3v) is 3.03. The molecule has 1 aromatic carbocycles. The van der Waals surface area contributed by atoms with E-state index in [1.807, 2.05) is 24.3 Å². The van der Waals surface area contributed by atoms with E-state index in [-0.39, 0.29) is 5.69 Å². The van der Waals surface area contributed by atoms with Crippen molar-refractivity contribution in [2.45, 2.75) is 12.8 Å². The first kappa shape index (κ1) is 12.1. The molecule has 1 aromatic heterocycles. The molecule has 0 saturated heterocycles. The smallest absolute Gasteiger partial charge is 0.330 e. The highest BCUT2D eigenvalue weighted by atomic mass is 79.9. The van der Waals surface area contributed by atoms with Gasteiger partial charge < -0.3 is 5.73 Å². The van der Waals surface area contributed by atoms with Crippen LogP contribution in [0.5, 0.6) is 0 Å². The number of aromatic nitrogens is 3. The number of hydrogen-bond donors (Lipinski definition) is 2. The van der Waals surface area contributed by atoms with E-state index >= 15 is 0 Å². The van der Waals surface area contributed by atoms with Gasteiger partial charge in [-0.2, -0.15) is 9.78 Å². The Balaban J connectivity index is 2.37. The Hall–Kier alpha value is -1.40. The Kier molecular flexibility index (Phi) is 3.75. The van der Waals surface area contributed by atoms with Crippen molar-refractivity contribution in [2.75, 3.05) is 6.54 Å². The number of benzene rings is 1. The summed E-state index contributed by atoms with van der Waals surface area (Å²) in [7, 11) is 0. The van der Waals surface area contributed by atoms with Crippen molar-refractivity contribution in [3.63, 3.8) is 0 Å². The molecule has 0 saturated carbocycles. The lowest BCUT2D eigenvalue weighted by Crippen LogP contribution is -2.16. The van der Waals surface area contributed by atoms with Crippen LogP contribution in [0.3, 0.4) is 0 Å². The van der Waals surface area contributed by atoms with Crippen molar-refractivity contribution in [1.29, 1.82) is 0 Å². The number of halogens is 1. The summed E-state index contributed by atoms with van der Waals surface area (Å²) in [5.74, 6) is 0.663. The molecular formula is C11H13BrN4O. The van der Waals surface area contributed by atoms with Crippen LogP contribution in [0.4, 0.5) is 0 Å². The molecule has 0 aliphatic heterocycles. The van der Waals surface area contributed by atoms with E-state index in [2.05, 4.69) is 26.0 Å². The van der Waals surface area contributed by atoms with Crippen LogP contribution in [0.2, 0.25) is 0 Å². The molecule has 1 heterocycles. The number of hydrogen-bond acceptors (Lipinski definition) is 3. The van der Waals surface area contributed by atoms with Crippen LogP contribution in [-0.2, 0) is 6.42 Å². The number of aryl methyl sites for hydroxylation is 1. The minimum absolute atomic E-state index is 0.232. The van der Waals surface area contributed by atoms with Crippen LogP contribution >= 0.6 is 15.9 Å². The lowest BCUT2D eigenvalue weighted by atomic mass is 10.3. The van der Waals surface area contributed by atoms with Gasteiger partial charge >= 0.3 is 5.69 Å². The van der Waals surface area contributed by atoms with Crippen molar-refractivity contribution >= 4 is 15.9 Å². The Bertz CT molecular complexity index is 561. The average Bonchev–Trinajstić information content (AvgIpc) is 2.68. The maximum atomic E-state index is 11.7. The summed E-state index contributed by atoms with van der Waals surface area (Å²) >= 11 is 3.40. The van der Waals surface area contributed by atoms with Crippen LogP contribution in [-0.4, -0.2) is 21.3 Å². The first-order valence-electron chi connectivity index (χ1n) is 5.35. The molecule has 0 radical (unpaired) electrons. The second-order valence-electron chi connectivity index (χ2n) is 3.63. The molecule has 6 heteroatoms. The van der Waals surface area contributed by atoms with Gasteiger partial charge in [0, 0.05) is 10.9 Å². The van der Waals surface area contributed by atoms with Crippen molar-refractivity contribution in [2.24, 2.45) is 5.73 Å². The van der Waals surface area contributed by atoms with Gasteiger partial charge in [-0.3, -0.25) is 4.98 Å². The van der Waals surface area contributed by atoms with Gasteiger partial charge in [0.15, 0.2) is 0 Å². The summed E-state index contributed by atoms with van der Waals surface area (Å²) in [4.78, 5) is 14.5. The molecule has 0 aliphatic carbocycles. The van der Waals surface area contributed by atoms with Crippen molar-refractivity contribution in [3.05, 3.63) is 45.0 Å². The van der Waals surface area contributed by atoms with Gasteiger partial charge in [0.25, 0.3) is 0 Å². The predicted molar refractivity (Wildman–Crippen MR) is 69.3 cm³/mol. The van der Waals surface area contributed by atoms with Crippen LogP contribution < -0.4 is 11.4 Å². The van der Waals surface area contributed by atoms with Gasteiger partial charge in [0.1, 0.15) is 5.82 Å². The number of para-hydroxylation sites is 1. The molecule has 5 nitrogen and oxygen atoms in total. The molecule has 2 aromatic rings. The normalized spacial score (nSPS) is 10.7. The second-order valence-corrected chi connectivity index (χ2v) is 4.49. The van der Waals surface area contributed by atoms with Gasteiger partial charge in [-0.1, -0.05) is 12.1 Å². The van der Waals surface area contributed by atoms with Gasteiger partial charge in [0.05, 0.1) is 5.69 Å². The molecule has 0 spiro atoms. The fraction of sp³-hybridized carbons (Fsp3) is 0.273. The van der Waals surface area contributed by atoms with Crippen molar-refractivity contribution in [3.8, 4) is 5.69 Å². The Labute approximate surface area is 107 Å². The number of rotatable bonds is 4. The third-order valence-electron chi connectivity index (χ3n) is 2.36. The molecule has 0 amide bonds. The number of nitrogens with two attached hydrogens (primary N) is 1. The van der Waals surface area contributed by atoms with Crippen molar-refractivity contribution in [1.82, 2.24) is 14.8 Å². The maximum absolute atomic E-state index is 11.7. The lowest BCUT2D eigenvalue weighted by molar-refractivity contribution is 0.761. The zero-order chi connectivity index (χ0) is 12.3. The molecule has 90 valence electrons. The monoisotopic (exact) mass is 296 g/mol. The number of nitrogens with one attached hydrogen (secondary N) is 1. The standard InChI is InChI=1S/C11H13BrN4O/c12-8-4-1-2-5-9(8)16-11(17)14-10(15-16)6-3-7-13/h1-2,4-5H,3,6-7,13H2,(H,14,15,17). The van der Waals surface area contributed by atoms with Crippen LogP contribution in [0, 0.1) is 0 Å². The van der Waals surface area contributed by atoms with Crippen molar-refractivity contribution < 1.29 is 0 Å². The Morgan fingerprint density at radius 2 is 2.18 bits per heavy atom. The largest absolute Gasteiger partial charge is 0.348 e. The summed E-state index contributed by atoms with van der Waals surface area (Å²) in [6.07, 6.45) is 1.49. The fourth-order valence-electron chi connectivity index (χ4n) is 1.54. The number of aromatic amines is 1. The van der Waals surface area contributed by atoms with E-state index in [0.717, 1.165) is 16.6 Å². The molecule has 0 fully saturated rings. The van der Waals surface area contributed by atoms with Gasteiger partial charge in [-0.15, -0.1) is 0 Å². The molecular weight excluding hydrogens is 284 g/mol. The van der Waals surface area contributed by atoms with E-state index in [4.69, 9.17) is 5.73 Å². The van der Waals surface area contributed by atoms with Crippen LogP contribution in [0.25, 0.3) is 5.69 Å². The van der Waals surface area contributed by atoms with E-state index in [0.29, 0.717) is 18.8 Å². The highest BCUT2D eigenvalue weighted by Crippen LogP contribution is 2.18. The SMILES string of the molecule is NCCCc1nn(-c2ccccc2Br)c(=O)[nH]1. The predicted octanol–water partition coefficient (Wildman–Crippen LogP) is 1.21. The highest BCUT2D eigenvalue weighted by molar-refractivity contribution is 9.10. The quantitative estimate of drug-likeness (QED) is 0.890. The van der Waals surface area contributed by atoms with E-state index in [1.165, 1.54) is 4.68 Å². The summed E-state index contributed by atoms with van der Waals surface area (Å²) < 4.78 is 2.19. The summed E-state index contributed by atoms with van der Waals surface area (Å²) in [6.45, 7) is 0.587.